The topological polar surface area (TPSA) is 35.5 Å². The van der Waals surface area contributed by atoms with Gasteiger partial charge >= 0.3 is 0 Å². The molecule has 0 aromatic heterocycles. The highest BCUT2D eigenvalue weighted by atomic mass is 16.3. The van der Waals surface area contributed by atoms with Gasteiger partial charge in [0.25, 0.3) is 0 Å². The quantitative estimate of drug-likeness (QED) is 0.534. The lowest BCUT2D eigenvalue weighted by Crippen LogP contribution is -2.46. The first-order chi connectivity index (χ1) is 4.84. The molecular weight excluding hydrogens is 128 g/mol. The Morgan fingerprint density at radius 3 is 2.40 bits per heavy atom. The summed E-state index contributed by atoms with van der Waals surface area (Å²) in [5, 5.41) is 12.1. The van der Waals surface area contributed by atoms with Gasteiger partial charge in [-0.1, -0.05) is 6.42 Å². The standard InChI is InChI=1S/C7H16N2O/c1-8-7(10)9-5-3-2-4-6-9/h7-8,10H,2-6H2,1H3. The molecular formula is C7H16N2O. The summed E-state index contributed by atoms with van der Waals surface area (Å²) >= 11 is 0. The third-order valence-electron chi connectivity index (χ3n) is 1.99. The van der Waals surface area contributed by atoms with Crippen molar-refractivity contribution < 1.29 is 5.11 Å². The zero-order valence-electron chi connectivity index (χ0n) is 6.51. The minimum absolute atomic E-state index is 0.430. The molecule has 2 N–H and O–H groups in total. The summed E-state index contributed by atoms with van der Waals surface area (Å²) in [6, 6.07) is 0. The van der Waals surface area contributed by atoms with Gasteiger partial charge in [-0.15, -0.1) is 0 Å². The molecule has 10 heavy (non-hydrogen) atoms. The number of likely N-dealkylation sites (tertiary alicyclic amines) is 1. The van der Waals surface area contributed by atoms with Crippen LogP contribution in [-0.2, 0) is 0 Å². The van der Waals surface area contributed by atoms with E-state index in [0.29, 0.717) is 0 Å². The molecule has 1 unspecified atom stereocenters. The van der Waals surface area contributed by atoms with Crippen LogP contribution >= 0.6 is 0 Å². The molecule has 1 aliphatic heterocycles. The maximum atomic E-state index is 9.30. The lowest BCUT2D eigenvalue weighted by Gasteiger charge is -2.30. The van der Waals surface area contributed by atoms with E-state index >= 15 is 0 Å². The van der Waals surface area contributed by atoms with Crippen molar-refractivity contribution in [3.63, 3.8) is 0 Å². The van der Waals surface area contributed by atoms with Crippen LogP contribution in [0.2, 0.25) is 0 Å². The molecule has 0 spiro atoms. The molecule has 3 heteroatoms. The lowest BCUT2D eigenvalue weighted by atomic mass is 10.1. The van der Waals surface area contributed by atoms with Crippen molar-refractivity contribution >= 4 is 0 Å². The predicted molar refractivity (Wildman–Crippen MR) is 40.5 cm³/mol. The van der Waals surface area contributed by atoms with Crippen LogP contribution < -0.4 is 5.32 Å². The molecule has 0 radical (unpaired) electrons. The molecule has 3 nitrogen and oxygen atoms in total. The minimum atomic E-state index is -0.430. The second-order valence-corrected chi connectivity index (χ2v) is 2.76. The summed E-state index contributed by atoms with van der Waals surface area (Å²) in [6.45, 7) is 2.06. The average molecular weight is 144 g/mol. The first kappa shape index (κ1) is 7.98. The Balaban J connectivity index is 2.24. The van der Waals surface area contributed by atoms with Crippen molar-refractivity contribution in [1.82, 2.24) is 10.2 Å². The summed E-state index contributed by atoms with van der Waals surface area (Å²) < 4.78 is 0. The van der Waals surface area contributed by atoms with Crippen LogP contribution in [0.25, 0.3) is 0 Å². The number of aliphatic hydroxyl groups is 1. The van der Waals surface area contributed by atoms with Crippen LogP contribution in [0.4, 0.5) is 0 Å². The number of hydrogen-bond donors (Lipinski definition) is 2. The van der Waals surface area contributed by atoms with Gasteiger partial charge in [-0.3, -0.25) is 10.2 Å². The molecule has 0 amide bonds. The maximum Gasteiger partial charge on any atom is 0.162 e. The second-order valence-electron chi connectivity index (χ2n) is 2.76. The van der Waals surface area contributed by atoms with Gasteiger partial charge in [0.1, 0.15) is 0 Å². The summed E-state index contributed by atoms with van der Waals surface area (Å²) in [5.74, 6) is 0. The Morgan fingerprint density at radius 2 is 1.90 bits per heavy atom. The lowest BCUT2D eigenvalue weighted by molar-refractivity contribution is -0.0267. The van der Waals surface area contributed by atoms with E-state index < -0.39 is 6.35 Å². The number of rotatable bonds is 2. The van der Waals surface area contributed by atoms with E-state index in [9.17, 15) is 5.11 Å². The van der Waals surface area contributed by atoms with E-state index in [1.165, 1.54) is 19.3 Å². The van der Waals surface area contributed by atoms with Crippen molar-refractivity contribution in [2.45, 2.75) is 25.6 Å². The molecule has 1 heterocycles. The highest BCUT2D eigenvalue weighted by molar-refractivity contribution is 4.64. The number of aliphatic hydroxyl groups excluding tert-OH is 1. The minimum Gasteiger partial charge on any atom is -0.365 e. The van der Waals surface area contributed by atoms with Crippen LogP contribution in [-0.4, -0.2) is 36.5 Å². The summed E-state index contributed by atoms with van der Waals surface area (Å²) in [4.78, 5) is 2.06. The summed E-state index contributed by atoms with van der Waals surface area (Å²) in [5.41, 5.74) is 0. The normalized spacial score (nSPS) is 24.6. The summed E-state index contributed by atoms with van der Waals surface area (Å²) in [6.07, 6.45) is 3.32. The second kappa shape index (κ2) is 3.91. The Bertz CT molecular complexity index is 91.6. The third-order valence-corrected chi connectivity index (χ3v) is 1.99. The number of piperidine rings is 1. The van der Waals surface area contributed by atoms with Gasteiger partial charge in [0.2, 0.25) is 0 Å². The Labute approximate surface area is 62.0 Å². The highest BCUT2D eigenvalue weighted by Crippen LogP contribution is 2.08. The molecule has 0 aromatic carbocycles. The number of nitrogens with one attached hydrogen (secondary N) is 1. The fourth-order valence-corrected chi connectivity index (χ4v) is 1.35. The molecule has 0 aromatic rings. The maximum absolute atomic E-state index is 9.30. The fourth-order valence-electron chi connectivity index (χ4n) is 1.35. The molecule has 1 atom stereocenters. The van der Waals surface area contributed by atoms with Crippen molar-refractivity contribution in [2.24, 2.45) is 0 Å². The zero-order chi connectivity index (χ0) is 7.40. The zero-order valence-corrected chi connectivity index (χ0v) is 6.51. The molecule has 1 aliphatic rings. The number of hydrogen-bond acceptors (Lipinski definition) is 3. The van der Waals surface area contributed by atoms with Crippen LogP contribution in [0.15, 0.2) is 0 Å². The van der Waals surface area contributed by atoms with E-state index in [1.807, 2.05) is 0 Å². The first-order valence-corrected chi connectivity index (χ1v) is 3.94. The van der Waals surface area contributed by atoms with Gasteiger partial charge in [0, 0.05) is 13.1 Å². The number of nitrogens with zero attached hydrogens (tertiary/aromatic N) is 1. The molecule has 60 valence electrons. The molecule has 0 bridgehead atoms. The molecule has 1 saturated heterocycles. The average Bonchev–Trinajstić information content (AvgIpc) is 2.05. The van der Waals surface area contributed by atoms with Gasteiger partial charge in [0.05, 0.1) is 0 Å². The first-order valence-electron chi connectivity index (χ1n) is 3.94. The monoisotopic (exact) mass is 144 g/mol. The van der Waals surface area contributed by atoms with E-state index in [4.69, 9.17) is 0 Å². The van der Waals surface area contributed by atoms with Crippen LogP contribution in [0.1, 0.15) is 19.3 Å². The SMILES string of the molecule is CNC(O)N1CCCCC1. The molecule has 0 saturated carbocycles. The van der Waals surface area contributed by atoms with Gasteiger partial charge in [-0.2, -0.15) is 0 Å². The molecule has 1 fully saturated rings. The van der Waals surface area contributed by atoms with Crippen LogP contribution in [0.3, 0.4) is 0 Å². The van der Waals surface area contributed by atoms with Crippen molar-refractivity contribution in [2.75, 3.05) is 20.1 Å². The fraction of sp³-hybridized carbons (Fsp3) is 1.00. The van der Waals surface area contributed by atoms with Crippen LogP contribution in [0.5, 0.6) is 0 Å². The van der Waals surface area contributed by atoms with Crippen molar-refractivity contribution in [1.29, 1.82) is 0 Å². The highest BCUT2D eigenvalue weighted by Gasteiger charge is 2.15. The van der Waals surface area contributed by atoms with Crippen molar-refractivity contribution in [3.05, 3.63) is 0 Å². The van der Waals surface area contributed by atoms with E-state index in [1.54, 1.807) is 7.05 Å². The van der Waals surface area contributed by atoms with Crippen LogP contribution in [0, 0.1) is 0 Å². The summed E-state index contributed by atoms with van der Waals surface area (Å²) in [7, 11) is 1.78. The smallest absolute Gasteiger partial charge is 0.162 e. The van der Waals surface area contributed by atoms with E-state index in [2.05, 4.69) is 10.2 Å². The van der Waals surface area contributed by atoms with Crippen molar-refractivity contribution in [3.8, 4) is 0 Å². The Kier molecular flexibility index (Phi) is 3.12. The third kappa shape index (κ3) is 1.94. The predicted octanol–water partition coefficient (Wildman–Crippen LogP) is -0.0324. The molecule has 1 rings (SSSR count). The van der Waals surface area contributed by atoms with Gasteiger partial charge < -0.3 is 5.11 Å². The Hall–Kier alpha value is -0.120. The van der Waals surface area contributed by atoms with E-state index in [-0.39, 0.29) is 0 Å². The molecule has 0 aliphatic carbocycles. The largest absolute Gasteiger partial charge is 0.365 e. The van der Waals surface area contributed by atoms with E-state index in [0.717, 1.165) is 13.1 Å². The van der Waals surface area contributed by atoms with Gasteiger partial charge in [-0.25, -0.2) is 0 Å². The van der Waals surface area contributed by atoms with Gasteiger partial charge in [-0.05, 0) is 19.9 Å². The Morgan fingerprint density at radius 1 is 1.30 bits per heavy atom. The van der Waals surface area contributed by atoms with Gasteiger partial charge in [0.15, 0.2) is 6.35 Å².